The van der Waals surface area contributed by atoms with Crippen molar-refractivity contribution in [3.05, 3.63) is 35.9 Å². The van der Waals surface area contributed by atoms with Gasteiger partial charge in [0.2, 0.25) is 0 Å². The second kappa shape index (κ2) is 5.97. The lowest BCUT2D eigenvalue weighted by Gasteiger charge is -2.23. The molecule has 0 spiro atoms. The third-order valence-corrected chi connectivity index (χ3v) is 4.24. The summed E-state index contributed by atoms with van der Waals surface area (Å²) in [5, 5.41) is 6.14. The van der Waals surface area contributed by atoms with Crippen LogP contribution in [0.5, 0.6) is 0 Å². The molecule has 1 saturated carbocycles. The van der Waals surface area contributed by atoms with Crippen molar-refractivity contribution in [3.8, 4) is 0 Å². The summed E-state index contributed by atoms with van der Waals surface area (Å²) in [4.78, 5) is 13.4. The monoisotopic (exact) mass is 295 g/mol. The predicted molar refractivity (Wildman–Crippen MR) is 75.0 cm³/mol. The number of rotatable bonds is 5. The first-order valence-electron chi connectivity index (χ1n) is 7.23. The Kier molecular flexibility index (Phi) is 4.05. The minimum Gasteiger partial charge on any atom is -0.335 e. The summed E-state index contributed by atoms with van der Waals surface area (Å²) in [7, 11) is 0. The van der Waals surface area contributed by atoms with Crippen LogP contribution in [0, 0.1) is 11.8 Å². The Bertz CT molecular complexity index is 487. The maximum Gasteiger partial charge on any atom is 0.318 e. The molecule has 2 amide bonds. The summed E-state index contributed by atoms with van der Waals surface area (Å²) in [6.07, 6.45) is -2.53. The highest BCUT2D eigenvalue weighted by atomic mass is 19.3. The molecule has 1 aliphatic carbocycles. The van der Waals surface area contributed by atoms with E-state index in [1.165, 1.54) is 4.90 Å². The van der Waals surface area contributed by atoms with E-state index in [-0.39, 0.29) is 12.6 Å². The van der Waals surface area contributed by atoms with Gasteiger partial charge in [-0.05, 0) is 17.4 Å². The molecule has 6 heteroatoms. The van der Waals surface area contributed by atoms with Crippen LogP contribution < -0.4 is 10.6 Å². The molecule has 0 aromatic heterocycles. The van der Waals surface area contributed by atoms with E-state index in [0.29, 0.717) is 11.8 Å². The van der Waals surface area contributed by atoms with Crippen LogP contribution in [-0.2, 0) is 6.54 Å². The number of amides is 2. The van der Waals surface area contributed by atoms with Crippen molar-refractivity contribution < 1.29 is 13.6 Å². The molecule has 2 fully saturated rings. The zero-order valence-electron chi connectivity index (χ0n) is 11.6. The Morgan fingerprint density at radius 1 is 1.29 bits per heavy atom. The first kappa shape index (κ1) is 14.3. The fraction of sp³-hybridized carbons (Fsp3) is 0.533. The maximum absolute atomic E-state index is 12.7. The average Bonchev–Trinajstić information content (AvgIpc) is 2.89. The number of piperidine rings is 1. The lowest BCUT2D eigenvalue weighted by Crippen LogP contribution is -2.44. The number of nitrogens with zero attached hydrogens (tertiary/aromatic N) is 1. The fourth-order valence-corrected chi connectivity index (χ4v) is 3.06. The SMILES string of the molecule is O=C(NC1[C@H]2CNC[C@@H]12)N(Cc1ccccc1)CC(F)F. The lowest BCUT2D eigenvalue weighted by atomic mass is 10.2. The largest absolute Gasteiger partial charge is 0.335 e. The molecule has 4 nitrogen and oxygen atoms in total. The van der Waals surface area contributed by atoms with Gasteiger partial charge in [0.25, 0.3) is 6.43 Å². The second-order valence-corrected chi connectivity index (χ2v) is 5.72. The van der Waals surface area contributed by atoms with Gasteiger partial charge >= 0.3 is 6.03 Å². The smallest absolute Gasteiger partial charge is 0.318 e. The second-order valence-electron chi connectivity index (χ2n) is 5.72. The van der Waals surface area contributed by atoms with Crippen LogP contribution in [-0.4, -0.2) is 43.0 Å². The van der Waals surface area contributed by atoms with Crippen molar-refractivity contribution in [2.45, 2.75) is 19.0 Å². The minimum atomic E-state index is -2.53. The third kappa shape index (κ3) is 3.32. The summed E-state index contributed by atoms with van der Waals surface area (Å²) in [5.41, 5.74) is 0.853. The fourth-order valence-electron chi connectivity index (χ4n) is 3.06. The van der Waals surface area contributed by atoms with E-state index in [1.807, 2.05) is 30.3 Å². The minimum absolute atomic E-state index is 0.148. The summed E-state index contributed by atoms with van der Waals surface area (Å²) < 4.78 is 25.4. The molecule has 1 unspecified atom stereocenters. The molecule has 1 aliphatic heterocycles. The van der Waals surface area contributed by atoms with Crippen molar-refractivity contribution in [2.75, 3.05) is 19.6 Å². The Hall–Kier alpha value is -1.69. The molecule has 1 aromatic rings. The molecular weight excluding hydrogens is 276 g/mol. The van der Waals surface area contributed by atoms with Crippen molar-refractivity contribution >= 4 is 6.03 Å². The van der Waals surface area contributed by atoms with Crippen molar-refractivity contribution in [1.29, 1.82) is 0 Å². The van der Waals surface area contributed by atoms with E-state index in [1.54, 1.807) is 0 Å². The predicted octanol–water partition coefficient (Wildman–Crippen LogP) is 1.68. The van der Waals surface area contributed by atoms with Crippen LogP contribution in [0.1, 0.15) is 5.56 Å². The molecule has 0 bridgehead atoms. The highest BCUT2D eigenvalue weighted by Crippen LogP contribution is 2.41. The number of alkyl halides is 2. The van der Waals surface area contributed by atoms with Gasteiger partial charge in [-0.1, -0.05) is 30.3 Å². The number of carbonyl (C=O) groups is 1. The number of halogens is 2. The molecule has 3 rings (SSSR count). The van der Waals surface area contributed by atoms with Crippen molar-refractivity contribution in [1.82, 2.24) is 15.5 Å². The normalized spacial score (nSPS) is 26.5. The Balaban J connectivity index is 1.60. The molecule has 2 N–H and O–H groups in total. The summed E-state index contributed by atoms with van der Waals surface area (Å²) >= 11 is 0. The van der Waals surface area contributed by atoms with Gasteiger partial charge in [-0.2, -0.15) is 0 Å². The molecule has 1 saturated heterocycles. The van der Waals surface area contributed by atoms with Crippen LogP contribution in [0.4, 0.5) is 13.6 Å². The van der Waals surface area contributed by atoms with Crippen molar-refractivity contribution in [2.24, 2.45) is 11.8 Å². The first-order valence-corrected chi connectivity index (χ1v) is 7.23. The van der Waals surface area contributed by atoms with E-state index in [2.05, 4.69) is 10.6 Å². The summed E-state index contributed by atoms with van der Waals surface area (Å²) in [5.74, 6) is 0.943. The van der Waals surface area contributed by atoms with Gasteiger partial charge < -0.3 is 15.5 Å². The van der Waals surface area contributed by atoms with Gasteiger partial charge in [-0.15, -0.1) is 0 Å². The average molecular weight is 295 g/mol. The zero-order valence-corrected chi connectivity index (χ0v) is 11.6. The van der Waals surface area contributed by atoms with E-state index in [4.69, 9.17) is 0 Å². The van der Waals surface area contributed by atoms with E-state index < -0.39 is 19.0 Å². The Morgan fingerprint density at radius 3 is 2.57 bits per heavy atom. The molecule has 21 heavy (non-hydrogen) atoms. The number of carbonyl (C=O) groups excluding carboxylic acids is 1. The van der Waals surface area contributed by atoms with E-state index in [0.717, 1.165) is 18.7 Å². The van der Waals surface area contributed by atoms with Crippen LogP contribution >= 0.6 is 0 Å². The summed E-state index contributed by atoms with van der Waals surface area (Å²) in [6, 6.07) is 8.96. The van der Waals surface area contributed by atoms with Gasteiger partial charge in [0.1, 0.15) is 0 Å². The van der Waals surface area contributed by atoms with Crippen LogP contribution in [0.15, 0.2) is 30.3 Å². The zero-order chi connectivity index (χ0) is 14.8. The van der Waals surface area contributed by atoms with Gasteiger partial charge in [0, 0.05) is 25.7 Å². The maximum atomic E-state index is 12.7. The number of nitrogens with one attached hydrogen (secondary N) is 2. The molecule has 1 heterocycles. The van der Waals surface area contributed by atoms with Gasteiger partial charge in [-0.25, -0.2) is 13.6 Å². The lowest BCUT2D eigenvalue weighted by molar-refractivity contribution is 0.0953. The third-order valence-electron chi connectivity index (χ3n) is 4.24. The van der Waals surface area contributed by atoms with E-state index >= 15 is 0 Å². The molecule has 3 atom stereocenters. The topological polar surface area (TPSA) is 44.4 Å². The molecule has 0 radical (unpaired) electrons. The number of benzene rings is 1. The number of urea groups is 1. The number of hydrogen-bond acceptors (Lipinski definition) is 2. The highest BCUT2D eigenvalue weighted by Gasteiger charge is 2.53. The van der Waals surface area contributed by atoms with Crippen molar-refractivity contribution in [3.63, 3.8) is 0 Å². The van der Waals surface area contributed by atoms with Crippen LogP contribution in [0.3, 0.4) is 0 Å². The molecule has 2 aliphatic rings. The first-order chi connectivity index (χ1) is 10.1. The molecular formula is C15H19F2N3O. The Morgan fingerprint density at radius 2 is 1.95 bits per heavy atom. The molecule has 1 aromatic carbocycles. The van der Waals surface area contributed by atoms with E-state index in [9.17, 15) is 13.6 Å². The van der Waals surface area contributed by atoms with Gasteiger partial charge in [0.15, 0.2) is 0 Å². The van der Waals surface area contributed by atoms with Gasteiger partial charge in [0.05, 0.1) is 6.54 Å². The number of hydrogen-bond donors (Lipinski definition) is 2. The Labute approximate surface area is 122 Å². The highest BCUT2D eigenvalue weighted by molar-refractivity contribution is 5.75. The molecule has 114 valence electrons. The standard InChI is InChI=1S/C15H19F2N3O/c16-13(17)9-20(8-10-4-2-1-3-5-10)15(21)19-14-11-6-18-7-12(11)14/h1-5,11-14,18H,6-9H2,(H,19,21)/t11-,12+,14?. The summed E-state index contributed by atoms with van der Waals surface area (Å²) in [6.45, 7) is 1.48. The quantitative estimate of drug-likeness (QED) is 0.868. The van der Waals surface area contributed by atoms with Crippen LogP contribution in [0.2, 0.25) is 0 Å². The van der Waals surface area contributed by atoms with Gasteiger partial charge in [-0.3, -0.25) is 0 Å². The van der Waals surface area contributed by atoms with Crippen LogP contribution in [0.25, 0.3) is 0 Å². The number of fused-ring (bicyclic) bond motifs is 1.